The topological polar surface area (TPSA) is 37.3 Å². The molecule has 0 aromatic heterocycles. The highest BCUT2D eigenvalue weighted by atomic mass is 32.2. The van der Waals surface area contributed by atoms with Crippen molar-refractivity contribution < 1.29 is 9.90 Å². The van der Waals surface area contributed by atoms with E-state index >= 15 is 0 Å². The summed E-state index contributed by atoms with van der Waals surface area (Å²) in [5, 5.41) is 8.61. The molecule has 0 amide bonds. The number of thioether (sulfide) groups is 1. The number of carboxylic acid groups (broad SMARTS) is 1. The zero-order valence-electron chi connectivity index (χ0n) is 5.97. The van der Waals surface area contributed by atoms with Gasteiger partial charge in [0, 0.05) is 0 Å². The highest BCUT2D eigenvalue weighted by Crippen LogP contribution is 2.25. The van der Waals surface area contributed by atoms with Crippen LogP contribution in [0.3, 0.4) is 0 Å². The number of aliphatic carboxylic acids is 1. The molecule has 0 rings (SSSR count). The molecular formula is C6H12O2S. The van der Waals surface area contributed by atoms with Gasteiger partial charge in [-0.3, -0.25) is 4.79 Å². The summed E-state index contributed by atoms with van der Waals surface area (Å²) in [6.45, 7) is 3.62. The molecule has 1 N–H and O–H groups in total. The van der Waals surface area contributed by atoms with Crippen molar-refractivity contribution in [2.75, 3.05) is 6.26 Å². The molecule has 0 aromatic carbocycles. The number of rotatable bonds is 3. The van der Waals surface area contributed by atoms with E-state index in [4.69, 9.17) is 5.11 Å². The van der Waals surface area contributed by atoms with Gasteiger partial charge < -0.3 is 5.11 Å². The first kappa shape index (κ1) is 8.82. The lowest BCUT2D eigenvalue weighted by molar-refractivity contribution is -0.139. The standard InChI is InChI=1S/C6H12O2S/c1-4-6(2,9-3)5(7)8/h4H2,1-3H3,(H,7,8)/t6-/m1/s1. The van der Waals surface area contributed by atoms with Crippen molar-refractivity contribution in [3.63, 3.8) is 0 Å². The van der Waals surface area contributed by atoms with E-state index in [0.29, 0.717) is 6.42 Å². The second-order valence-corrected chi connectivity index (χ2v) is 3.40. The van der Waals surface area contributed by atoms with Crippen molar-refractivity contribution in [2.45, 2.75) is 25.0 Å². The Labute approximate surface area is 59.6 Å². The summed E-state index contributed by atoms with van der Waals surface area (Å²) in [5.41, 5.74) is 0. The van der Waals surface area contributed by atoms with Gasteiger partial charge in [-0.05, 0) is 19.6 Å². The van der Waals surface area contributed by atoms with Gasteiger partial charge in [0.15, 0.2) is 0 Å². The summed E-state index contributed by atoms with van der Waals surface area (Å²) < 4.78 is -0.583. The van der Waals surface area contributed by atoms with Crippen LogP contribution < -0.4 is 0 Å². The van der Waals surface area contributed by atoms with Crippen LogP contribution in [0.4, 0.5) is 0 Å². The van der Waals surface area contributed by atoms with Crippen molar-refractivity contribution in [3.8, 4) is 0 Å². The van der Waals surface area contributed by atoms with E-state index in [9.17, 15) is 4.79 Å². The summed E-state index contributed by atoms with van der Waals surface area (Å²) in [6, 6.07) is 0. The molecule has 0 saturated heterocycles. The van der Waals surface area contributed by atoms with Crippen molar-refractivity contribution in [1.82, 2.24) is 0 Å². The third-order valence-corrected chi connectivity index (χ3v) is 2.94. The summed E-state index contributed by atoms with van der Waals surface area (Å²) in [5.74, 6) is -0.725. The largest absolute Gasteiger partial charge is 0.480 e. The number of carboxylic acids is 1. The molecule has 0 spiro atoms. The molecular weight excluding hydrogens is 136 g/mol. The van der Waals surface area contributed by atoms with Crippen LogP contribution in [-0.4, -0.2) is 22.1 Å². The van der Waals surface area contributed by atoms with Crippen LogP contribution in [0.5, 0.6) is 0 Å². The Kier molecular flexibility index (Phi) is 3.04. The normalized spacial score (nSPS) is 16.8. The quantitative estimate of drug-likeness (QED) is 0.660. The molecule has 3 heteroatoms. The van der Waals surface area contributed by atoms with Crippen LogP contribution in [0.25, 0.3) is 0 Å². The number of carbonyl (C=O) groups is 1. The van der Waals surface area contributed by atoms with Gasteiger partial charge in [0.2, 0.25) is 0 Å². The molecule has 0 heterocycles. The number of hydrogen-bond acceptors (Lipinski definition) is 2. The van der Waals surface area contributed by atoms with Gasteiger partial charge in [-0.15, -0.1) is 11.8 Å². The molecule has 0 aromatic rings. The lowest BCUT2D eigenvalue weighted by Gasteiger charge is -2.18. The highest BCUT2D eigenvalue weighted by molar-refractivity contribution is 8.00. The van der Waals surface area contributed by atoms with Gasteiger partial charge in [-0.2, -0.15) is 0 Å². The maximum absolute atomic E-state index is 10.5. The van der Waals surface area contributed by atoms with Crippen LogP contribution in [0, 0.1) is 0 Å². The minimum atomic E-state index is -0.725. The van der Waals surface area contributed by atoms with Gasteiger partial charge in [-0.25, -0.2) is 0 Å². The SMILES string of the molecule is CC[C@@](C)(SC)C(=O)O. The summed E-state index contributed by atoms with van der Waals surface area (Å²) in [4.78, 5) is 10.5. The van der Waals surface area contributed by atoms with Gasteiger partial charge in [0.1, 0.15) is 4.75 Å². The van der Waals surface area contributed by atoms with Crippen LogP contribution in [0.15, 0.2) is 0 Å². The number of hydrogen-bond donors (Lipinski definition) is 1. The van der Waals surface area contributed by atoms with Crippen molar-refractivity contribution >= 4 is 17.7 Å². The smallest absolute Gasteiger partial charge is 0.319 e. The fourth-order valence-electron chi connectivity index (χ4n) is 0.383. The van der Waals surface area contributed by atoms with Gasteiger partial charge >= 0.3 is 5.97 Å². The molecule has 0 aliphatic heterocycles. The lowest BCUT2D eigenvalue weighted by Crippen LogP contribution is -2.29. The van der Waals surface area contributed by atoms with E-state index < -0.39 is 10.7 Å². The van der Waals surface area contributed by atoms with Crippen LogP contribution >= 0.6 is 11.8 Å². The lowest BCUT2D eigenvalue weighted by atomic mass is 10.1. The molecule has 0 aliphatic rings. The van der Waals surface area contributed by atoms with Gasteiger partial charge in [0.05, 0.1) is 0 Å². The summed E-state index contributed by atoms with van der Waals surface area (Å²) in [6.07, 6.45) is 2.49. The average molecular weight is 148 g/mol. The predicted molar refractivity (Wildman–Crippen MR) is 39.8 cm³/mol. The molecule has 0 fully saturated rings. The molecule has 0 bridgehead atoms. The summed E-state index contributed by atoms with van der Waals surface area (Å²) >= 11 is 1.38. The van der Waals surface area contributed by atoms with Crippen molar-refractivity contribution in [2.24, 2.45) is 0 Å². The maximum atomic E-state index is 10.5. The first-order chi connectivity index (χ1) is 4.06. The van der Waals surface area contributed by atoms with E-state index in [-0.39, 0.29) is 0 Å². The highest BCUT2D eigenvalue weighted by Gasteiger charge is 2.29. The van der Waals surface area contributed by atoms with Crippen molar-refractivity contribution in [1.29, 1.82) is 0 Å². The van der Waals surface area contributed by atoms with Crippen LogP contribution in [-0.2, 0) is 4.79 Å². The third-order valence-electron chi connectivity index (χ3n) is 1.58. The zero-order chi connectivity index (χ0) is 7.49. The second-order valence-electron chi connectivity index (χ2n) is 2.09. The van der Waals surface area contributed by atoms with Crippen LogP contribution in [0.2, 0.25) is 0 Å². The Hall–Kier alpha value is -0.180. The maximum Gasteiger partial charge on any atom is 0.319 e. The zero-order valence-corrected chi connectivity index (χ0v) is 6.79. The first-order valence-corrected chi connectivity index (χ1v) is 4.08. The second kappa shape index (κ2) is 3.11. The Morgan fingerprint density at radius 3 is 2.22 bits per heavy atom. The fraction of sp³-hybridized carbons (Fsp3) is 0.833. The Balaban J connectivity index is 4.09. The Bertz CT molecular complexity index is 108. The minimum absolute atomic E-state index is 0.583. The predicted octanol–water partition coefficient (Wildman–Crippen LogP) is 1.60. The average Bonchev–Trinajstić information content (AvgIpc) is 1.86. The van der Waals surface area contributed by atoms with Gasteiger partial charge in [0.25, 0.3) is 0 Å². The third kappa shape index (κ3) is 1.90. The molecule has 0 radical (unpaired) electrons. The molecule has 0 unspecified atom stereocenters. The van der Waals surface area contributed by atoms with Crippen molar-refractivity contribution in [3.05, 3.63) is 0 Å². The minimum Gasteiger partial charge on any atom is -0.480 e. The Morgan fingerprint density at radius 1 is 1.78 bits per heavy atom. The van der Waals surface area contributed by atoms with Gasteiger partial charge in [-0.1, -0.05) is 6.92 Å². The molecule has 1 atom stereocenters. The molecule has 54 valence electrons. The first-order valence-electron chi connectivity index (χ1n) is 2.85. The van der Waals surface area contributed by atoms with E-state index in [1.807, 2.05) is 13.2 Å². The van der Waals surface area contributed by atoms with E-state index in [2.05, 4.69) is 0 Å². The van der Waals surface area contributed by atoms with Crippen LogP contribution in [0.1, 0.15) is 20.3 Å². The molecule has 0 aliphatic carbocycles. The molecule has 0 saturated carbocycles. The summed E-state index contributed by atoms with van der Waals surface area (Å²) in [7, 11) is 0. The molecule has 9 heavy (non-hydrogen) atoms. The van der Waals surface area contributed by atoms with E-state index in [1.54, 1.807) is 6.92 Å². The Morgan fingerprint density at radius 2 is 2.22 bits per heavy atom. The fourth-order valence-corrected chi connectivity index (χ4v) is 0.846. The van der Waals surface area contributed by atoms with E-state index in [1.165, 1.54) is 11.8 Å². The molecule has 2 nitrogen and oxygen atoms in total. The monoisotopic (exact) mass is 148 g/mol. The van der Waals surface area contributed by atoms with E-state index in [0.717, 1.165) is 0 Å².